The molecule has 1 aromatic rings. The highest BCUT2D eigenvalue weighted by Crippen LogP contribution is 2.29. The summed E-state index contributed by atoms with van der Waals surface area (Å²) in [5.74, 6) is -1.14. The summed E-state index contributed by atoms with van der Waals surface area (Å²) in [5, 5.41) is 0. The van der Waals surface area contributed by atoms with E-state index < -0.39 is 15.2 Å². The van der Waals surface area contributed by atoms with Crippen molar-refractivity contribution in [2.45, 2.75) is 3.79 Å². The third kappa shape index (κ3) is 2.72. The van der Waals surface area contributed by atoms with Crippen LogP contribution >= 0.6 is 34.8 Å². The van der Waals surface area contributed by atoms with Crippen LogP contribution in [0.3, 0.4) is 0 Å². The fourth-order valence-electron chi connectivity index (χ4n) is 0.652. The molecule has 70 valence electrons. The van der Waals surface area contributed by atoms with Crippen LogP contribution in [0.4, 0.5) is 0 Å². The second-order valence-corrected chi connectivity index (χ2v) is 4.42. The fraction of sp³-hybridized carbons (Fsp3) is 0.143. The summed E-state index contributed by atoms with van der Waals surface area (Å²) >= 11 is 15.9. The summed E-state index contributed by atoms with van der Waals surface area (Å²) in [6.07, 6.45) is 0. The summed E-state index contributed by atoms with van der Waals surface area (Å²) < 4.78 is 2.41. The van der Waals surface area contributed by atoms with Crippen LogP contribution in [0, 0.1) is 0 Å². The average Bonchev–Trinajstić information content (AvgIpc) is 2.01. The number of ketones is 1. The van der Waals surface area contributed by atoms with Gasteiger partial charge < -0.3 is 4.42 Å². The first-order valence-electron chi connectivity index (χ1n) is 3.13. The molecule has 0 aromatic carbocycles. The second-order valence-electron chi connectivity index (χ2n) is 2.14. The molecule has 6 heteroatoms. The Balaban J connectivity index is 3.10. The molecule has 0 saturated heterocycles. The number of carbonyl (C=O) groups excluding carboxylic acids is 1. The van der Waals surface area contributed by atoms with E-state index in [1.54, 1.807) is 0 Å². The summed E-state index contributed by atoms with van der Waals surface area (Å²) in [4.78, 5) is 21.9. The molecule has 0 bridgehead atoms. The van der Waals surface area contributed by atoms with Gasteiger partial charge in [0.15, 0.2) is 5.76 Å². The zero-order valence-electron chi connectivity index (χ0n) is 6.09. The highest BCUT2D eigenvalue weighted by atomic mass is 35.6. The molecule has 0 saturated carbocycles. The van der Waals surface area contributed by atoms with Gasteiger partial charge in [-0.15, -0.1) is 0 Å². The predicted molar refractivity (Wildman–Crippen MR) is 49.6 cm³/mol. The van der Waals surface area contributed by atoms with Gasteiger partial charge >= 0.3 is 5.63 Å². The van der Waals surface area contributed by atoms with Gasteiger partial charge in [0, 0.05) is 6.07 Å². The van der Waals surface area contributed by atoms with E-state index in [0.29, 0.717) is 0 Å². The molecule has 1 aromatic heterocycles. The molecule has 0 fully saturated rings. The lowest BCUT2D eigenvalue weighted by Crippen LogP contribution is -2.20. The Labute approximate surface area is 88.2 Å². The molecule has 0 unspecified atom stereocenters. The Morgan fingerprint density at radius 1 is 1.31 bits per heavy atom. The molecule has 0 aliphatic carbocycles. The first kappa shape index (κ1) is 10.6. The third-order valence-electron chi connectivity index (χ3n) is 1.17. The molecule has 0 aliphatic heterocycles. The van der Waals surface area contributed by atoms with Crippen LogP contribution in [0.15, 0.2) is 27.4 Å². The molecular formula is C7H3Cl3O3. The van der Waals surface area contributed by atoms with Gasteiger partial charge in [-0.2, -0.15) is 0 Å². The SMILES string of the molecule is O=C(c1cccc(=O)o1)C(Cl)(Cl)Cl. The van der Waals surface area contributed by atoms with E-state index in [0.717, 1.165) is 6.07 Å². The van der Waals surface area contributed by atoms with Gasteiger partial charge in [0.1, 0.15) is 0 Å². The fourth-order valence-corrected chi connectivity index (χ4v) is 0.932. The monoisotopic (exact) mass is 240 g/mol. The number of rotatable bonds is 1. The minimum Gasteiger partial charge on any atom is -0.419 e. The van der Waals surface area contributed by atoms with Crippen LogP contribution in [-0.2, 0) is 0 Å². The van der Waals surface area contributed by atoms with Crippen molar-refractivity contribution in [1.82, 2.24) is 0 Å². The van der Waals surface area contributed by atoms with Crippen molar-refractivity contribution in [3.63, 3.8) is 0 Å². The van der Waals surface area contributed by atoms with Crippen LogP contribution < -0.4 is 5.63 Å². The smallest absolute Gasteiger partial charge is 0.336 e. The van der Waals surface area contributed by atoms with Crippen LogP contribution in [0.2, 0.25) is 0 Å². The normalized spacial score (nSPS) is 11.3. The molecule has 3 nitrogen and oxygen atoms in total. The van der Waals surface area contributed by atoms with Crippen molar-refractivity contribution in [3.8, 4) is 0 Å². The van der Waals surface area contributed by atoms with Gasteiger partial charge in [0.2, 0.25) is 5.78 Å². The maximum atomic E-state index is 11.2. The molecule has 0 aliphatic rings. The van der Waals surface area contributed by atoms with E-state index in [-0.39, 0.29) is 5.76 Å². The lowest BCUT2D eigenvalue weighted by atomic mass is 10.3. The van der Waals surface area contributed by atoms with E-state index in [1.807, 2.05) is 0 Å². The molecule has 0 atom stereocenters. The topological polar surface area (TPSA) is 47.3 Å². The Hall–Kier alpha value is -0.510. The van der Waals surface area contributed by atoms with Gasteiger partial charge in [-0.05, 0) is 6.07 Å². The Morgan fingerprint density at radius 3 is 2.38 bits per heavy atom. The number of halogens is 3. The molecule has 1 heterocycles. The van der Waals surface area contributed by atoms with E-state index >= 15 is 0 Å². The zero-order valence-corrected chi connectivity index (χ0v) is 8.36. The average molecular weight is 241 g/mol. The third-order valence-corrected chi connectivity index (χ3v) is 1.69. The Bertz CT molecular complexity index is 377. The molecular weight excluding hydrogens is 238 g/mol. The summed E-state index contributed by atoms with van der Waals surface area (Å²) in [6, 6.07) is 3.75. The highest BCUT2D eigenvalue weighted by Gasteiger charge is 2.33. The maximum absolute atomic E-state index is 11.2. The van der Waals surface area contributed by atoms with Crippen molar-refractivity contribution in [2.24, 2.45) is 0 Å². The molecule has 13 heavy (non-hydrogen) atoms. The second kappa shape index (κ2) is 3.70. The number of carbonyl (C=O) groups is 1. The van der Waals surface area contributed by atoms with Crippen molar-refractivity contribution >= 4 is 40.6 Å². The predicted octanol–water partition coefficient (Wildman–Crippen LogP) is 2.19. The lowest BCUT2D eigenvalue weighted by Gasteiger charge is -2.06. The molecule has 0 spiro atoms. The van der Waals surface area contributed by atoms with Gasteiger partial charge in [-0.3, -0.25) is 4.79 Å². The van der Waals surface area contributed by atoms with Crippen molar-refractivity contribution < 1.29 is 9.21 Å². The van der Waals surface area contributed by atoms with E-state index in [4.69, 9.17) is 34.8 Å². The van der Waals surface area contributed by atoms with Crippen molar-refractivity contribution in [2.75, 3.05) is 0 Å². The van der Waals surface area contributed by atoms with Crippen LogP contribution in [0.5, 0.6) is 0 Å². The first-order valence-corrected chi connectivity index (χ1v) is 4.26. The molecule has 1 rings (SSSR count). The van der Waals surface area contributed by atoms with E-state index in [9.17, 15) is 9.59 Å². The lowest BCUT2D eigenvalue weighted by molar-refractivity contribution is 0.0965. The summed E-state index contributed by atoms with van der Waals surface area (Å²) in [6.45, 7) is 0. The molecule has 0 radical (unpaired) electrons. The number of Topliss-reactive ketones (excluding diaryl/α,β-unsaturated/α-hetero) is 1. The van der Waals surface area contributed by atoms with Gasteiger partial charge in [-0.1, -0.05) is 40.9 Å². The number of hydrogen-bond acceptors (Lipinski definition) is 3. The largest absolute Gasteiger partial charge is 0.419 e. The zero-order chi connectivity index (χ0) is 10.1. The number of hydrogen-bond donors (Lipinski definition) is 0. The highest BCUT2D eigenvalue weighted by molar-refractivity contribution is 6.77. The minimum atomic E-state index is -2.10. The van der Waals surface area contributed by atoms with Gasteiger partial charge in [0.05, 0.1) is 0 Å². The Kier molecular flexibility index (Phi) is 3.01. The standard InChI is InChI=1S/C7H3Cl3O3/c8-7(9,10)6(12)4-2-1-3-5(11)13-4/h1-3H. The van der Waals surface area contributed by atoms with Crippen LogP contribution in [0.1, 0.15) is 10.6 Å². The van der Waals surface area contributed by atoms with Gasteiger partial charge in [0.25, 0.3) is 3.79 Å². The summed E-state index contributed by atoms with van der Waals surface area (Å²) in [7, 11) is 0. The maximum Gasteiger partial charge on any atom is 0.336 e. The quantitative estimate of drug-likeness (QED) is 0.559. The Morgan fingerprint density at radius 2 is 1.92 bits per heavy atom. The van der Waals surface area contributed by atoms with Crippen molar-refractivity contribution in [3.05, 3.63) is 34.4 Å². The first-order chi connectivity index (χ1) is 5.91. The molecule has 0 amide bonds. The van der Waals surface area contributed by atoms with Gasteiger partial charge in [-0.25, -0.2) is 4.79 Å². The van der Waals surface area contributed by atoms with Crippen LogP contribution in [0.25, 0.3) is 0 Å². The van der Waals surface area contributed by atoms with Crippen molar-refractivity contribution in [1.29, 1.82) is 0 Å². The number of alkyl halides is 3. The molecule has 0 N–H and O–H groups in total. The summed E-state index contributed by atoms with van der Waals surface area (Å²) in [5.41, 5.74) is -0.667. The van der Waals surface area contributed by atoms with Crippen LogP contribution in [-0.4, -0.2) is 9.58 Å². The van der Waals surface area contributed by atoms with E-state index in [2.05, 4.69) is 4.42 Å². The minimum absolute atomic E-state index is 0.271. The van der Waals surface area contributed by atoms with E-state index in [1.165, 1.54) is 12.1 Å².